The van der Waals surface area contributed by atoms with Gasteiger partial charge in [-0.25, -0.2) is 0 Å². The summed E-state index contributed by atoms with van der Waals surface area (Å²) in [6.45, 7) is 4.36. The number of aryl methyl sites for hydroxylation is 2. The monoisotopic (exact) mass is 663 g/mol. The molecule has 1 spiro atoms. The van der Waals surface area contributed by atoms with E-state index in [9.17, 15) is 0 Å². The maximum Gasteiger partial charge on any atom is 0.0726 e. The highest BCUT2D eigenvalue weighted by Gasteiger charge is 2.52. The van der Waals surface area contributed by atoms with Crippen LogP contribution in [0.2, 0.25) is 0 Å². The minimum Gasteiger partial charge on any atom is -0.310 e. The van der Waals surface area contributed by atoms with Crippen molar-refractivity contribution in [2.24, 2.45) is 0 Å². The number of rotatable bonds is 5. The van der Waals surface area contributed by atoms with E-state index < -0.39 is 5.41 Å². The summed E-state index contributed by atoms with van der Waals surface area (Å²) in [5.41, 5.74) is 21.1. The first-order valence-electron chi connectivity index (χ1n) is 18.2. The molecule has 0 bridgehead atoms. The Morgan fingerprint density at radius 3 is 1.50 bits per heavy atom. The highest BCUT2D eigenvalue weighted by molar-refractivity contribution is 6.01. The third kappa shape index (κ3) is 4.42. The third-order valence-corrected chi connectivity index (χ3v) is 11.3. The van der Waals surface area contributed by atoms with Crippen molar-refractivity contribution >= 4 is 17.1 Å². The van der Waals surface area contributed by atoms with Crippen molar-refractivity contribution < 1.29 is 0 Å². The van der Waals surface area contributed by atoms with Crippen LogP contribution in [0.25, 0.3) is 44.5 Å². The summed E-state index contributed by atoms with van der Waals surface area (Å²) in [5.74, 6) is 0. The van der Waals surface area contributed by atoms with Gasteiger partial charge in [-0.1, -0.05) is 163 Å². The number of anilines is 3. The summed E-state index contributed by atoms with van der Waals surface area (Å²) >= 11 is 0. The van der Waals surface area contributed by atoms with Crippen molar-refractivity contribution in [1.29, 1.82) is 0 Å². The summed E-state index contributed by atoms with van der Waals surface area (Å²) in [6, 6.07) is 69.6. The minimum absolute atomic E-state index is 0.398. The van der Waals surface area contributed by atoms with Crippen LogP contribution in [0.1, 0.15) is 33.4 Å². The Labute approximate surface area is 306 Å². The topological polar surface area (TPSA) is 3.24 Å². The van der Waals surface area contributed by atoms with Gasteiger partial charge in [-0.15, -0.1) is 0 Å². The van der Waals surface area contributed by atoms with Crippen LogP contribution in [0.4, 0.5) is 17.1 Å². The van der Waals surface area contributed by atoms with E-state index in [-0.39, 0.29) is 0 Å². The van der Waals surface area contributed by atoms with Crippen LogP contribution in [-0.4, -0.2) is 0 Å². The van der Waals surface area contributed by atoms with Gasteiger partial charge < -0.3 is 4.90 Å². The second-order valence-electron chi connectivity index (χ2n) is 14.2. The van der Waals surface area contributed by atoms with Gasteiger partial charge in [0.15, 0.2) is 0 Å². The summed E-state index contributed by atoms with van der Waals surface area (Å²) in [4.78, 5) is 2.46. The second kappa shape index (κ2) is 11.8. The fourth-order valence-corrected chi connectivity index (χ4v) is 9.01. The Morgan fingerprint density at radius 2 is 0.865 bits per heavy atom. The van der Waals surface area contributed by atoms with E-state index in [1.165, 1.54) is 83.6 Å². The molecule has 0 saturated carbocycles. The van der Waals surface area contributed by atoms with Gasteiger partial charge in [-0.3, -0.25) is 0 Å². The first kappa shape index (κ1) is 30.4. The molecule has 246 valence electrons. The molecule has 0 saturated heterocycles. The van der Waals surface area contributed by atoms with Crippen molar-refractivity contribution in [3.63, 3.8) is 0 Å². The Hall–Kier alpha value is -6.44. The summed E-state index contributed by atoms with van der Waals surface area (Å²) < 4.78 is 0. The second-order valence-corrected chi connectivity index (χ2v) is 14.2. The van der Waals surface area contributed by atoms with Crippen LogP contribution in [-0.2, 0) is 5.41 Å². The number of nitrogens with zero attached hydrogens (tertiary/aromatic N) is 1. The van der Waals surface area contributed by atoms with Gasteiger partial charge in [-0.05, 0) is 111 Å². The van der Waals surface area contributed by atoms with E-state index in [1.54, 1.807) is 0 Å². The van der Waals surface area contributed by atoms with Crippen molar-refractivity contribution in [2.75, 3.05) is 4.90 Å². The average Bonchev–Trinajstić information content (AvgIpc) is 3.68. The molecule has 0 unspecified atom stereocenters. The lowest BCUT2D eigenvalue weighted by Crippen LogP contribution is -2.26. The van der Waals surface area contributed by atoms with Gasteiger partial charge in [0.1, 0.15) is 0 Å². The predicted molar refractivity (Wildman–Crippen MR) is 218 cm³/mol. The standard InChI is InChI=1S/C51H37N/c1-34-23-24-35(2)44(33-34)38-27-31-40(32-28-38)52(39-29-25-37(26-30-39)36-13-4-3-5-14-36)49-22-12-21-48-50(49)43-17-8-11-20-47(43)51(48)45-18-9-6-15-41(45)42-16-7-10-19-46(42)51/h3-33H,1-2H3. The van der Waals surface area contributed by atoms with E-state index >= 15 is 0 Å². The zero-order chi connectivity index (χ0) is 34.8. The molecule has 0 fully saturated rings. The maximum absolute atomic E-state index is 2.46. The smallest absolute Gasteiger partial charge is 0.0726 e. The van der Waals surface area contributed by atoms with Gasteiger partial charge in [0.25, 0.3) is 0 Å². The molecule has 8 aromatic rings. The fraction of sp³-hybridized carbons (Fsp3) is 0.0588. The zero-order valence-corrected chi connectivity index (χ0v) is 29.3. The van der Waals surface area contributed by atoms with Gasteiger partial charge >= 0.3 is 0 Å². The molecule has 0 heterocycles. The van der Waals surface area contributed by atoms with E-state index in [1.807, 2.05) is 0 Å². The van der Waals surface area contributed by atoms with E-state index in [4.69, 9.17) is 0 Å². The third-order valence-electron chi connectivity index (χ3n) is 11.3. The number of benzene rings is 8. The molecule has 0 N–H and O–H groups in total. The number of hydrogen-bond donors (Lipinski definition) is 0. The van der Waals surface area contributed by atoms with Gasteiger partial charge in [0.05, 0.1) is 11.1 Å². The molecule has 2 aliphatic rings. The maximum atomic E-state index is 2.46. The lowest BCUT2D eigenvalue weighted by atomic mass is 9.70. The molecular weight excluding hydrogens is 627 g/mol. The van der Waals surface area contributed by atoms with Crippen molar-refractivity contribution in [1.82, 2.24) is 0 Å². The van der Waals surface area contributed by atoms with Crippen molar-refractivity contribution in [2.45, 2.75) is 19.3 Å². The first-order valence-corrected chi connectivity index (χ1v) is 18.2. The molecule has 0 radical (unpaired) electrons. The molecule has 1 heteroatoms. The van der Waals surface area contributed by atoms with Gasteiger partial charge in [0, 0.05) is 16.9 Å². The highest BCUT2D eigenvalue weighted by atomic mass is 15.1. The van der Waals surface area contributed by atoms with Crippen LogP contribution < -0.4 is 4.90 Å². The van der Waals surface area contributed by atoms with Crippen molar-refractivity contribution in [3.8, 4) is 44.5 Å². The molecule has 0 atom stereocenters. The molecule has 8 aromatic carbocycles. The predicted octanol–water partition coefficient (Wildman–Crippen LogP) is 13.5. The lowest BCUT2D eigenvalue weighted by Gasteiger charge is -2.32. The average molecular weight is 664 g/mol. The summed E-state index contributed by atoms with van der Waals surface area (Å²) in [7, 11) is 0. The Balaban J connectivity index is 1.21. The van der Waals surface area contributed by atoms with Gasteiger partial charge in [-0.2, -0.15) is 0 Å². The largest absolute Gasteiger partial charge is 0.310 e. The van der Waals surface area contributed by atoms with E-state index in [0.717, 1.165) is 11.4 Å². The fourth-order valence-electron chi connectivity index (χ4n) is 9.01. The summed E-state index contributed by atoms with van der Waals surface area (Å²) in [5, 5.41) is 0. The normalized spacial score (nSPS) is 13.0. The molecule has 2 aliphatic carbocycles. The molecule has 0 amide bonds. The first-order chi connectivity index (χ1) is 25.6. The number of hydrogen-bond acceptors (Lipinski definition) is 1. The van der Waals surface area contributed by atoms with E-state index in [2.05, 4.69) is 207 Å². The minimum atomic E-state index is -0.398. The zero-order valence-electron chi connectivity index (χ0n) is 29.3. The van der Waals surface area contributed by atoms with Crippen molar-refractivity contribution in [3.05, 3.63) is 221 Å². The van der Waals surface area contributed by atoms with Gasteiger partial charge in [0.2, 0.25) is 0 Å². The Bertz CT molecular complexity index is 2580. The van der Waals surface area contributed by atoms with Crippen LogP contribution in [0.15, 0.2) is 188 Å². The quantitative estimate of drug-likeness (QED) is 0.177. The van der Waals surface area contributed by atoms with Crippen LogP contribution in [0, 0.1) is 13.8 Å². The Kier molecular flexibility index (Phi) is 6.91. The van der Waals surface area contributed by atoms with Crippen LogP contribution >= 0.6 is 0 Å². The molecule has 10 rings (SSSR count). The molecule has 52 heavy (non-hydrogen) atoms. The van der Waals surface area contributed by atoms with E-state index in [0.29, 0.717) is 0 Å². The lowest BCUT2D eigenvalue weighted by molar-refractivity contribution is 0.794. The molecule has 0 aliphatic heterocycles. The molecule has 0 aromatic heterocycles. The van der Waals surface area contributed by atoms with Crippen LogP contribution in [0.5, 0.6) is 0 Å². The highest BCUT2D eigenvalue weighted by Crippen LogP contribution is 2.64. The number of fused-ring (bicyclic) bond motifs is 10. The summed E-state index contributed by atoms with van der Waals surface area (Å²) in [6.07, 6.45) is 0. The molecule has 1 nitrogen and oxygen atoms in total. The Morgan fingerprint density at radius 1 is 0.365 bits per heavy atom. The SMILES string of the molecule is Cc1ccc(C)c(-c2ccc(N(c3ccc(-c4ccccc4)cc3)c3cccc4c3-c3ccccc3C43c4ccccc4-c4ccccc43)cc2)c1. The molecular formula is C51H37N. The van der Waals surface area contributed by atoms with Crippen LogP contribution in [0.3, 0.4) is 0 Å².